The molecule has 0 radical (unpaired) electrons. The van der Waals surface area contributed by atoms with E-state index >= 15 is 0 Å². The molecule has 0 aromatic heterocycles. The molecule has 1 aliphatic rings. The van der Waals surface area contributed by atoms with Gasteiger partial charge in [0, 0.05) is 17.9 Å². The van der Waals surface area contributed by atoms with Crippen LogP contribution in [0.4, 0.5) is 11.4 Å². The third-order valence-corrected chi connectivity index (χ3v) is 3.68. The Kier molecular flexibility index (Phi) is 3.42. The van der Waals surface area contributed by atoms with Gasteiger partial charge in [-0.25, -0.2) is 0 Å². The van der Waals surface area contributed by atoms with Gasteiger partial charge in [0.15, 0.2) is 0 Å². The Morgan fingerprint density at radius 1 is 1.20 bits per heavy atom. The van der Waals surface area contributed by atoms with Crippen LogP contribution >= 0.6 is 0 Å². The Bertz CT molecular complexity index is 636. The van der Waals surface area contributed by atoms with Gasteiger partial charge in [-0.05, 0) is 42.7 Å². The molecule has 20 heavy (non-hydrogen) atoms. The predicted octanol–water partition coefficient (Wildman–Crippen LogP) is 3.22. The molecule has 2 aromatic rings. The van der Waals surface area contributed by atoms with Crippen LogP contribution < -0.4 is 10.6 Å². The van der Waals surface area contributed by atoms with Crippen molar-refractivity contribution >= 4 is 17.3 Å². The largest absolute Gasteiger partial charge is 0.384 e. The first kappa shape index (κ1) is 12.7. The normalized spacial score (nSPS) is 16.9. The third-order valence-electron chi connectivity index (χ3n) is 3.68. The second-order valence-corrected chi connectivity index (χ2v) is 5.30. The lowest BCUT2D eigenvalue weighted by Crippen LogP contribution is -2.33. The second kappa shape index (κ2) is 5.37. The van der Waals surface area contributed by atoms with Gasteiger partial charge in [-0.2, -0.15) is 0 Å². The number of fused-ring (bicyclic) bond motifs is 1. The van der Waals surface area contributed by atoms with Gasteiger partial charge in [0.05, 0.1) is 5.92 Å². The minimum atomic E-state index is -0.0228. The molecule has 0 saturated heterocycles. The zero-order chi connectivity index (χ0) is 13.9. The van der Waals surface area contributed by atoms with Gasteiger partial charge in [-0.15, -0.1) is 0 Å². The highest BCUT2D eigenvalue weighted by Crippen LogP contribution is 2.25. The van der Waals surface area contributed by atoms with Crippen LogP contribution in [-0.4, -0.2) is 12.5 Å². The van der Waals surface area contributed by atoms with E-state index in [1.807, 2.05) is 43.3 Å². The fraction of sp³-hybridized carbons (Fsp3) is 0.235. The fourth-order valence-corrected chi connectivity index (χ4v) is 2.59. The quantitative estimate of drug-likeness (QED) is 0.876. The first-order valence-electron chi connectivity index (χ1n) is 6.92. The van der Waals surface area contributed by atoms with Gasteiger partial charge in [-0.1, -0.05) is 30.3 Å². The van der Waals surface area contributed by atoms with Crippen molar-refractivity contribution in [3.63, 3.8) is 0 Å². The van der Waals surface area contributed by atoms with Crippen LogP contribution in [0.5, 0.6) is 0 Å². The monoisotopic (exact) mass is 266 g/mol. The first-order valence-corrected chi connectivity index (χ1v) is 6.92. The van der Waals surface area contributed by atoms with E-state index in [2.05, 4.69) is 22.8 Å². The summed E-state index contributed by atoms with van der Waals surface area (Å²) in [6.07, 6.45) is 0.792. The Hall–Kier alpha value is -2.29. The molecular formula is C17H18N2O. The van der Waals surface area contributed by atoms with Crippen molar-refractivity contribution in [2.45, 2.75) is 13.3 Å². The highest BCUT2D eigenvalue weighted by Gasteiger charge is 2.24. The Morgan fingerprint density at radius 3 is 2.90 bits per heavy atom. The summed E-state index contributed by atoms with van der Waals surface area (Å²) in [5.41, 5.74) is 4.37. The third kappa shape index (κ3) is 2.67. The van der Waals surface area contributed by atoms with Gasteiger partial charge in [0.1, 0.15) is 0 Å². The van der Waals surface area contributed by atoms with Crippen molar-refractivity contribution in [2.75, 3.05) is 17.2 Å². The molecule has 0 saturated carbocycles. The number of nitrogens with one attached hydrogen (secondary N) is 2. The summed E-state index contributed by atoms with van der Waals surface area (Å²) >= 11 is 0. The van der Waals surface area contributed by atoms with Gasteiger partial charge in [0.25, 0.3) is 0 Å². The zero-order valence-corrected chi connectivity index (χ0v) is 11.5. The van der Waals surface area contributed by atoms with E-state index in [4.69, 9.17) is 0 Å². The Labute approximate surface area is 119 Å². The van der Waals surface area contributed by atoms with Crippen molar-refractivity contribution in [3.8, 4) is 0 Å². The maximum absolute atomic E-state index is 12.3. The molecule has 1 amide bonds. The number of amides is 1. The van der Waals surface area contributed by atoms with Crippen molar-refractivity contribution in [1.29, 1.82) is 0 Å². The first-order chi connectivity index (χ1) is 9.72. The minimum absolute atomic E-state index is 0.0228. The van der Waals surface area contributed by atoms with Gasteiger partial charge >= 0.3 is 0 Å². The van der Waals surface area contributed by atoms with Crippen LogP contribution in [0.3, 0.4) is 0 Å². The summed E-state index contributed by atoms with van der Waals surface area (Å²) in [4.78, 5) is 12.3. The SMILES string of the molecule is Cc1cccc(NC(=O)C2CNc3ccccc3C2)c1. The molecule has 0 aliphatic carbocycles. The number of aryl methyl sites for hydroxylation is 1. The lowest BCUT2D eigenvalue weighted by atomic mass is 9.93. The standard InChI is InChI=1S/C17H18N2O/c1-12-5-4-7-15(9-12)19-17(20)14-10-13-6-2-3-8-16(13)18-11-14/h2-9,14,18H,10-11H2,1H3,(H,19,20). The molecule has 1 unspecified atom stereocenters. The Balaban J connectivity index is 1.70. The number of carbonyl (C=O) groups excluding carboxylic acids is 1. The summed E-state index contributed by atoms with van der Waals surface area (Å²) in [5.74, 6) is 0.0583. The van der Waals surface area contributed by atoms with E-state index in [0.717, 1.165) is 23.4 Å². The number of carbonyl (C=O) groups is 1. The minimum Gasteiger partial charge on any atom is -0.384 e. The highest BCUT2D eigenvalue weighted by molar-refractivity contribution is 5.93. The number of para-hydroxylation sites is 1. The molecule has 2 N–H and O–H groups in total. The maximum Gasteiger partial charge on any atom is 0.229 e. The van der Waals surface area contributed by atoms with Gasteiger partial charge in [-0.3, -0.25) is 4.79 Å². The van der Waals surface area contributed by atoms with Crippen molar-refractivity contribution in [2.24, 2.45) is 5.92 Å². The molecule has 0 spiro atoms. The molecule has 1 atom stereocenters. The average molecular weight is 266 g/mol. The molecule has 1 aliphatic heterocycles. The average Bonchev–Trinajstić information content (AvgIpc) is 2.47. The predicted molar refractivity (Wildman–Crippen MR) is 81.9 cm³/mol. The van der Waals surface area contributed by atoms with Crippen molar-refractivity contribution in [1.82, 2.24) is 0 Å². The van der Waals surface area contributed by atoms with Crippen LogP contribution in [-0.2, 0) is 11.2 Å². The van der Waals surface area contributed by atoms with Gasteiger partial charge < -0.3 is 10.6 Å². The number of benzene rings is 2. The fourth-order valence-electron chi connectivity index (χ4n) is 2.59. The summed E-state index contributed by atoms with van der Waals surface area (Å²) < 4.78 is 0. The van der Waals surface area contributed by atoms with E-state index in [1.54, 1.807) is 0 Å². The zero-order valence-electron chi connectivity index (χ0n) is 11.5. The summed E-state index contributed by atoms with van der Waals surface area (Å²) in [7, 11) is 0. The molecule has 1 heterocycles. The molecule has 3 heteroatoms. The van der Waals surface area contributed by atoms with Crippen LogP contribution in [0.15, 0.2) is 48.5 Å². The lowest BCUT2D eigenvalue weighted by molar-refractivity contribution is -0.119. The molecular weight excluding hydrogens is 248 g/mol. The smallest absolute Gasteiger partial charge is 0.229 e. The summed E-state index contributed by atoms with van der Waals surface area (Å²) in [6.45, 7) is 2.71. The van der Waals surface area contributed by atoms with E-state index in [9.17, 15) is 4.79 Å². The topological polar surface area (TPSA) is 41.1 Å². The number of hydrogen-bond donors (Lipinski definition) is 2. The van der Waals surface area contributed by atoms with Crippen molar-refractivity contribution < 1.29 is 4.79 Å². The van der Waals surface area contributed by atoms with Crippen LogP contribution in [0.2, 0.25) is 0 Å². The van der Waals surface area contributed by atoms with E-state index in [1.165, 1.54) is 5.56 Å². The van der Waals surface area contributed by atoms with Crippen LogP contribution in [0, 0.1) is 12.8 Å². The second-order valence-electron chi connectivity index (χ2n) is 5.30. The molecule has 2 aromatic carbocycles. The molecule has 0 bridgehead atoms. The van der Waals surface area contributed by atoms with E-state index in [-0.39, 0.29) is 11.8 Å². The van der Waals surface area contributed by atoms with E-state index < -0.39 is 0 Å². The van der Waals surface area contributed by atoms with Crippen LogP contribution in [0.25, 0.3) is 0 Å². The van der Waals surface area contributed by atoms with Crippen molar-refractivity contribution in [3.05, 3.63) is 59.7 Å². The van der Waals surface area contributed by atoms with E-state index in [0.29, 0.717) is 6.54 Å². The van der Waals surface area contributed by atoms with Gasteiger partial charge in [0.2, 0.25) is 5.91 Å². The molecule has 3 rings (SSSR count). The lowest BCUT2D eigenvalue weighted by Gasteiger charge is -2.25. The highest BCUT2D eigenvalue weighted by atomic mass is 16.1. The Morgan fingerprint density at radius 2 is 2.05 bits per heavy atom. The number of rotatable bonds is 2. The summed E-state index contributed by atoms with van der Waals surface area (Å²) in [6, 6.07) is 16.1. The number of hydrogen-bond acceptors (Lipinski definition) is 2. The maximum atomic E-state index is 12.3. The molecule has 3 nitrogen and oxygen atoms in total. The summed E-state index contributed by atoms with van der Waals surface area (Å²) in [5, 5.41) is 6.33. The number of anilines is 2. The molecule has 102 valence electrons. The molecule has 0 fully saturated rings. The van der Waals surface area contributed by atoms with Crippen LogP contribution in [0.1, 0.15) is 11.1 Å².